The third-order valence-electron chi connectivity index (χ3n) is 4.12. The van der Waals surface area contributed by atoms with Gasteiger partial charge in [0.1, 0.15) is 0 Å². The molecule has 0 saturated heterocycles. The van der Waals surface area contributed by atoms with Crippen LogP contribution in [0.2, 0.25) is 0 Å². The highest BCUT2D eigenvalue weighted by atomic mass is 16.5. The van der Waals surface area contributed by atoms with Gasteiger partial charge in [0, 0.05) is 26.6 Å². The highest BCUT2D eigenvalue weighted by Crippen LogP contribution is 2.29. The van der Waals surface area contributed by atoms with Crippen LogP contribution in [0.25, 0.3) is 0 Å². The van der Waals surface area contributed by atoms with Gasteiger partial charge in [-0.3, -0.25) is 4.79 Å². The molecule has 110 valence electrons. The van der Waals surface area contributed by atoms with Gasteiger partial charge in [-0.2, -0.15) is 0 Å². The van der Waals surface area contributed by atoms with E-state index in [1.807, 2.05) is 24.0 Å². The summed E-state index contributed by atoms with van der Waals surface area (Å²) in [6.07, 6.45) is 2.31. The van der Waals surface area contributed by atoms with Crippen LogP contribution >= 0.6 is 0 Å². The van der Waals surface area contributed by atoms with Crippen molar-refractivity contribution in [1.29, 1.82) is 0 Å². The summed E-state index contributed by atoms with van der Waals surface area (Å²) in [4.78, 5) is 14.3. The van der Waals surface area contributed by atoms with Crippen LogP contribution in [0.3, 0.4) is 0 Å². The van der Waals surface area contributed by atoms with Gasteiger partial charge in [0.25, 0.3) is 0 Å². The fraction of sp³-hybridized carbons (Fsp3) is 0.562. The second-order valence-corrected chi connectivity index (χ2v) is 5.37. The van der Waals surface area contributed by atoms with Crippen LogP contribution in [0.5, 0.6) is 0 Å². The Morgan fingerprint density at radius 3 is 2.95 bits per heavy atom. The first kappa shape index (κ1) is 15.0. The Balaban J connectivity index is 2.07. The van der Waals surface area contributed by atoms with Crippen molar-refractivity contribution in [2.24, 2.45) is 5.73 Å². The molecule has 4 nitrogen and oxygen atoms in total. The van der Waals surface area contributed by atoms with Gasteiger partial charge >= 0.3 is 0 Å². The Bertz CT molecular complexity index is 462. The summed E-state index contributed by atoms with van der Waals surface area (Å²) in [6, 6.07) is 8.30. The van der Waals surface area contributed by atoms with Gasteiger partial charge in [-0.05, 0) is 30.9 Å². The maximum atomic E-state index is 12.4. The lowest BCUT2D eigenvalue weighted by atomic mass is 9.92. The zero-order valence-corrected chi connectivity index (χ0v) is 12.3. The minimum absolute atomic E-state index is 0.0188. The van der Waals surface area contributed by atoms with Crippen LogP contribution in [-0.2, 0) is 16.0 Å². The predicted molar refractivity (Wildman–Crippen MR) is 79.4 cm³/mol. The van der Waals surface area contributed by atoms with Crippen molar-refractivity contribution >= 4 is 5.91 Å². The average Bonchev–Trinajstić information content (AvgIpc) is 2.50. The zero-order valence-electron chi connectivity index (χ0n) is 12.3. The van der Waals surface area contributed by atoms with E-state index in [1.54, 1.807) is 7.11 Å². The van der Waals surface area contributed by atoms with Gasteiger partial charge in [-0.1, -0.05) is 24.3 Å². The molecule has 0 fully saturated rings. The summed E-state index contributed by atoms with van der Waals surface area (Å²) < 4.78 is 5.20. The number of nitrogens with two attached hydrogens (primary N) is 1. The Morgan fingerprint density at radius 2 is 2.25 bits per heavy atom. The summed E-state index contributed by atoms with van der Waals surface area (Å²) in [5, 5.41) is 0. The monoisotopic (exact) mass is 276 g/mol. The molecule has 0 bridgehead atoms. The maximum absolute atomic E-state index is 12.4. The predicted octanol–water partition coefficient (Wildman–Crippen LogP) is 1.89. The van der Waals surface area contributed by atoms with Crippen LogP contribution in [0.15, 0.2) is 24.3 Å². The third kappa shape index (κ3) is 3.19. The molecule has 1 aliphatic heterocycles. The van der Waals surface area contributed by atoms with E-state index in [-0.39, 0.29) is 18.1 Å². The first-order valence-electron chi connectivity index (χ1n) is 7.27. The van der Waals surface area contributed by atoms with E-state index in [0.717, 1.165) is 19.4 Å². The second-order valence-electron chi connectivity index (χ2n) is 5.37. The lowest BCUT2D eigenvalue weighted by molar-refractivity contribution is -0.134. The summed E-state index contributed by atoms with van der Waals surface area (Å²) in [7, 11) is 1.68. The van der Waals surface area contributed by atoms with Crippen molar-refractivity contribution < 1.29 is 9.53 Å². The molecule has 1 aromatic carbocycles. The molecule has 0 aromatic heterocycles. The van der Waals surface area contributed by atoms with E-state index in [2.05, 4.69) is 12.1 Å². The van der Waals surface area contributed by atoms with E-state index in [9.17, 15) is 4.79 Å². The van der Waals surface area contributed by atoms with E-state index in [0.29, 0.717) is 13.0 Å². The van der Waals surface area contributed by atoms with Crippen molar-refractivity contribution in [2.45, 2.75) is 38.3 Å². The van der Waals surface area contributed by atoms with Crippen LogP contribution in [0.1, 0.15) is 36.9 Å². The number of hydrogen-bond acceptors (Lipinski definition) is 3. The van der Waals surface area contributed by atoms with Crippen molar-refractivity contribution in [3.63, 3.8) is 0 Å². The highest BCUT2D eigenvalue weighted by molar-refractivity contribution is 5.77. The molecule has 0 spiro atoms. The van der Waals surface area contributed by atoms with Crippen LogP contribution in [-0.4, -0.2) is 37.1 Å². The largest absolute Gasteiger partial charge is 0.382 e. The molecule has 1 heterocycles. The Kier molecular flexibility index (Phi) is 5.15. The number of ether oxygens (including phenoxy) is 1. The standard InChI is InChI=1S/C16H24N2O2/c1-12(20-2)7-8-16(19)18-10-9-13-5-3-4-6-14(13)15(18)11-17/h3-6,12,15H,7-11,17H2,1-2H3. The quantitative estimate of drug-likeness (QED) is 0.893. The first-order chi connectivity index (χ1) is 9.67. The fourth-order valence-electron chi connectivity index (χ4n) is 2.79. The van der Waals surface area contributed by atoms with Crippen LogP contribution in [0.4, 0.5) is 0 Å². The number of amides is 1. The number of carbonyl (C=O) groups is 1. The molecule has 0 aliphatic carbocycles. The Morgan fingerprint density at radius 1 is 1.50 bits per heavy atom. The maximum Gasteiger partial charge on any atom is 0.223 e. The molecule has 1 amide bonds. The number of rotatable bonds is 5. The van der Waals surface area contributed by atoms with Crippen molar-refractivity contribution in [3.05, 3.63) is 35.4 Å². The molecule has 2 unspecified atom stereocenters. The molecule has 1 aromatic rings. The molecule has 0 radical (unpaired) electrons. The molecule has 2 atom stereocenters. The molecular formula is C16H24N2O2. The van der Waals surface area contributed by atoms with Gasteiger partial charge in [0.2, 0.25) is 5.91 Å². The Hall–Kier alpha value is -1.39. The number of carbonyl (C=O) groups excluding carboxylic acids is 1. The SMILES string of the molecule is COC(C)CCC(=O)N1CCc2ccccc2C1CN. The number of hydrogen-bond donors (Lipinski definition) is 1. The number of fused-ring (bicyclic) bond motifs is 1. The summed E-state index contributed by atoms with van der Waals surface area (Å²) >= 11 is 0. The summed E-state index contributed by atoms with van der Waals surface area (Å²) in [6.45, 7) is 3.22. The van der Waals surface area contributed by atoms with Crippen LogP contribution < -0.4 is 5.73 Å². The van der Waals surface area contributed by atoms with Gasteiger partial charge in [-0.15, -0.1) is 0 Å². The first-order valence-corrected chi connectivity index (χ1v) is 7.27. The number of methoxy groups -OCH3 is 1. The van der Waals surface area contributed by atoms with Gasteiger partial charge in [0.05, 0.1) is 12.1 Å². The van der Waals surface area contributed by atoms with Crippen molar-refractivity contribution in [3.8, 4) is 0 Å². The lowest BCUT2D eigenvalue weighted by Crippen LogP contribution is -2.43. The topological polar surface area (TPSA) is 55.6 Å². The van der Waals surface area contributed by atoms with Gasteiger partial charge in [0.15, 0.2) is 0 Å². The van der Waals surface area contributed by atoms with E-state index < -0.39 is 0 Å². The number of benzene rings is 1. The number of nitrogens with zero attached hydrogens (tertiary/aromatic N) is 1. The average molecular weight is 276 g/mol. The molecule has 2 rings (SSSR count). The molecule has 4 heteroatoms. The fourth-order valence-corrected chi connectivity index (χ4v) is 2.79. The smallest absolute Gasteiger partial charge is 0.223 e. The van der Waals surface area contributed by atoms with E-state index in [4.69, 9.17) is 10.5 Å². The van der Waals surface area contributed by atoms with Crippen LogP contribution in [0, 0.1) is 0 Å². The minimum Gasteiger partial charge on any atom is -0.382 e. The normalized spacial score (nSPS) is 19.6. The van der Waals surface area contributed by atoms with E-state index in [1.165, 1.54) is 11.1 Å². The molecular weight excluding hydrogens is 252 g/mol. The van der Waals surface area contributed by atoms with Gasteiger partial charge < -0.3 is 15.4 Å². The molecule has 2 N–H and O–H groups in total. The van der Waals surface area contributed by atoms with Gasteiger partial charge in [-0.25, -0.2) is 0 Å². The van der Waals surface area contributed by atoms with Crippen molar-refractivity contribution in [2.75, 3.05) is 20.2 Å². The Labute approximate surface area is 120 Å². The third-order valence-corrected chi connectivity index (χ3v) is 4.12. The van der Waals surface area contributed by atoms with E-state index >= 15 is 0 Å². The minimum atomic E-state index is 0.0188. The highest BCUT2D eigenvalue weighted by Gasteiger charge is 2.29. The molecule has 1 aliphatic rings. The second kappa shape index (κ2) is 6.86. The summed E-state index contributed by atoms with van der Waals surface area (Å²) in [5.74, 6) is 0.179. The lowest BCUT2D eigenvalue weighted by Gasteiger charge is -2.37. The zero-order chi connectivity index (χ0) is 14.5. The summed E-state index contributed by atoms with van der Waals surface area (Å²) in [5.41, 5.74) is 8.43. The van der Waals surface area contributed by atoms with Crippen molar-refractivity contribution in [1.82, 2.24) is 4.90 Å². The molecule has 20 heavy (non-hydrogen) atoms. The molecule has 0 saturated carbocycles.